The second-order valence-electron chi connectivity index (χ2n) is 3.61. The number of rotatable bonds is 2. The van der Waals surface area contributed by atoms with Crippen LogP contribution in [0, 0.1) is 12.3 Å². The van der Waals surface area contributed by atoms with Crippen molar-refractivity contribution in [2.24, 2.45) is 0 Å². The first-order valence-electron chi connectivity index (χ1n) is 4.69. The summed E-state index contributed by atoms with van der Waals surface area (Å²) in [7, 11) is 0. The van der Waals surface area contributed by atoms with E-state index in [2.05, 4.69) is 16.0 Å². The van der Waals surface area contributed by atoms with Gasteiger partial charge in [0.15, 0.2) is 0 Å². The largest absolute Gasteiger partial charge is 0.459 e. The van der Waals surface area contributed by atoms with Gasteiger partial charge in [0.2, 0.25) is 0 Å². The number of hydrogen-bond donors (Lipinski definition) is 1. The zero-order valence-electron chi connectivity index (χ0n) is 8.68. The number of carbonyl (C=O) groups is 2. The van der Waals surface area contributed by atoms with Crippen molar-refractivity contribution in [3.05, 3.63) is 0 Å². The minimum absolute atomic E-state index is 0.0332. The number of terminal acetylenes is 1. The number of alkyl halides is 2. The monoisotopic (exact) mass is 231 g/mol. The molecule has 1 N–H and O–H groups in total. The van der Waals surface area contributed by atoms with Crippen LogP contribution in [0.1, 0.15) is 19.8 Å². The minimum atomic E-state index is -2.88. The molecule has 1 aliphatic carbocycles. The minimum Gasteiger partial charge on any atom is -0.459 e. The van der Waals surface area contributed by atoms with Crippen LogP contribution < -0.4 is 5.32 Å². The van der Waals surface area contributed by atoms with Gasteiger partial charge in [-0.3, -0.25) is 4.79 Å². The highest BCUT2D eigenvalue weighted by atomic mass is 19.3. The molecule has 1 aliphatic rings. The number of amides is 1. The molecule has 0 aliphatic heterocycles. The Morgan fingerprint density at radius 2 is 2.06 bits per heavy atom. The Bertz CT molecular complexity index is 352. The first-order valence-corrected chi connectivity index (χ1v) is 4.69. The molecule has 88 valence electrons. The van der Waals surface area contributed by atoms with E-state index in [0.29, 0.717) is 0 Å². The predicted molar refractivity (Wildman–Crippen MR) is 50.5 cm³/mol. The summed E-state index contributed by atoms with van der Waals surface area (Å²) >= 11 is 0. The van der Waals surface area contributed by atoms with Crippen LogP contribution in [0.15, 0.2) is 0 Å². The Kier molecular flexibility index (Phi) is 3.17. The van der Waals surface area contributed by atoms with Crippen molar-refractivity contribution in [2.45, 2.75) is 31.2 Å². The van der Waals surface area contributed by atoms with Crippen LogP contribution in [0.4, 0.5) is 8.78 Å². The Morgan fingerprint density at radius 1 is 1.50 bits per heavy atom. The summed E-state index contributed by atoms with van der Waals surface area (Å²) in [5.74, 6) is -3.01. The highest BCUT2D eigenvalue weighted by molar-refractivity contribution is 6.32. The Balaban J connectivity index is 2.57. The first-order chi connectivity index (χ1) is 7.34. The summed E-state index contributed by atoms with van der Waals surface area (Å²) in [6.45, 7) is 1.56. The van der Waals surface area contributed by atoms with Crippen molar-refractivity contribution in [3.63, 3.8) is 0 Å². The summed E-state index contributed by atoms with van der Waals surface area (Å²) in [6.07, 6.45) is 3.76. The molecular formula is C10H11F2NO3. The maximum Gasteiger partial charge on any atom is 0.396 e. The van der Waals surface area contributed by atoms with Gasteiger partial charge in [0, 0.05) is 12.8 Å². The second-order valence-corrected chi connectivity index (χ2v) is 3.61. The van der Waals surface area contributed by atoms with Crippen LogP contribution >= 0.6 is 0 Å². The fraction of sp³-hybridized carbons (Fsp3) is 0.600. The molecule has 0 aromatic rings. The van der Waals surface area contributed by atoms with Gasteiger partial charge in [0.05, 0.1) is 6.61 Å². The van der Waals surface area contributed by atoms with Gasteiger partial charge in [-0.25, -0.2) is 13.6 Å². The van der Waals surface area contributed by atoms with Crippen molar-refractivity contribution in [1.82, 2.24) is 5.32 Å². The highest BCUT2D eigenvalue weighted by Gasteiger charge is 2.57. The molecule has 0 aromatic carbocycles. The third kappa shape index (κ3) is 2.48. The fourth-order valence-corrected chi connectivity index (χ4v) is 1.52. The molecule has 0 atom stereocenters. The molecule has 4 nitrogen and oxygen atoms in total. The normalized spacial score (nSPS) is 20.1. The summed E-state index contributed by atoms with van der Waals surface area (Å²) in [5.41, 5.74) is -1.42. The average Bonchev–Trinajstić information content (AvgIpc) is 2.14. The predicted octanol–water partition coefficient (Wildman–Crippen LogP) is 0.467. The topological polar surface area (TPSA) is 55.4 Å². The lowest BCUT2D eigenvalue weighted by molar-refractivity contribution is -0.159. The number of nitrogens with one attached hydrogen (secondary N) is 1. The van der Waals surface area contributed by atoms with E-state index in [0.717, 1.165) is 0 Å². The summed E-state index contributed by atoms with van der Waals surface area (Å²) in [4.78, 5) is 22.1. The van der Waals surface area contributed by atoms with Crippen molar-refractivity contribution in [3.8, 4) is 12.3 Å². The van der Waals surface area contributed by atoms with Crippen LogP contribution in [-0.2, 0) is 14.3 Å². The van der Waals surface area contributed by atoms with E-state index >= 15 is 0 Å². The van der Waals surface area contributed by atoms with Crippen LogP contribution in [0.25, 0.3) is 0 Å². The van der Waals surface area contributed by atoms with Crippen LogP contribution in [-0.4, -0.2) is 29.9 Å². The molecule has 0 radical (unpaired) electrons. The summed E-state index contributed by atoms with van der Waals surface area (Å²) in [5, 5.41) is 2.09. The maximum atomic E-state index is 12.7. The number of halogens is 2. The van der Waals surface area contributed by atoms with E-state index in [1.165, 1.54) is 6.92 Å². The molecular weight excluding hydrogens is 220 g/mol. The molecule has 0 spiro atoms. The van der Waals surface area contributed by atoms with Crippen LogP contribution in [0.2, 0.25) is 0 Å². The van der Waals surface area contributed by atoms with Crippen LogP contribution in [0.3, 0.4) is 0 Å². The van der Waals surface area contributed by atoms with Gasteiger partial charge in [-0.05, 0) is 6.92 Å². The Labute approximate surface area is 91.3 Å². The molecule has 0 bridgehead atoms. The van der Waals surface area contributed by atoms with Gasteiger partial charge < -0.3 is 10.1 Å². The molecule has 1 rings (SSSR count). The van der Waals surface area contributed by atoms with Crippen molar-refractivity contribution in [2.75, 3.05) is 6.61 Å². The van der Waals surface area contributed by atoms with E-state index in [1.54, 1.807) is 0 Å². The standard InChI is InChI=1S/C10H11F2NO3/c1-3-9(5-10(11,12)6-9)13-7(14)8(15)16-4-2/h1H,4-6H2,2H3,(H,13,14). The maximum absolute atomic E-state index is 12.7. The van der Waals surface area contributed by atoms with Gasteiger partial charge in [-0.15, -0.1) is 6.42 Å². The smallest absolute Gasteiger partial charge is 0.396 e. The molecule has 0 unspecified atom stereocenters. The number of hydrogen-bond acceptors (Lipinski definition) is 3. The fourth-order valence-electron chi connectivity index (χ4n) is 1.52. The van der Waals surface area contributed by atoms with Crippen molar-refractivity contribution < 1.29 is 23.1 Å². The zero-order chi connectivity index (χ0) is 12.4. The zero-order valence-corrected chi connectivity index (χ0v) is 8.68. The van der Waals surface area contributed by atoms with Crippen molar-refractivity contribution >= 4 is 11.9 Å². The molecule has 1 saturated carbocycles. The van der Waals surface area contributed by atoms with Gasteiger partial charge in [-0.1, -0.05) is 5.92 Å². The molecule has 1 fully saturated rings. The number of ether oxygens (including phenoxy) is 1. The Hall–Kier alpha value is -1.64. The van der Waals surface area contributed by atoms with Crippen LogP contribution in [0.5, 0.6) is 0 Å². The summed E-state index contributed by atoms with van der Waals surface area (Å²) < 4.78 is 29.7. The lowest BCUT2D eigenvalue weighted by atomic mass is 9.74. The van der Waals surface area contributed by atoms with Gasteiger partial charge >= 0.3 is 11.9 Å². The lowest BCUT2D eigenvalue weighted by Crippen LogP contribution is -2.62. The molecule has 6 heteroatoms. The van der Waals surface area contributed by atoms with Crippen molar-refractivity contribution in [1.29, 1.82) is 0 Å². The van der Waals surface area contributed by atoms with Gasteiger partial charge in [-0.2, -0.15) is 0 Å². The molecule has 0 heterocycles. The third-order valence-electron chi connectivity index (χ3n) is 2.21. The van der Waals surface area contributed by atoms with E-state index in [9.17, 15) is 18.4 Å². The molecule has 0 saturated heterocycles. The average molecular weight is 231 g/mol. The number of carbonyl (C=O) groups excluding carboxylic acids is 2. The SMILES string of the molecule is C#CC1(NC(=O)C(=O)OCC)CC(F)(F)C1. The second kappa shape index (κ2) is 4.08. The Morgan fingerprint density at radius 3 is 2.44 bits per heavy atom. The third-order valence-corrected chi connectivity index (χ3v) is 2.21. The lowest BCUT2D eigenvalue weighted by Gasteiger charge is -2.43. The first kappa shape index (κ1) is 12.4. The quantitative estimate of drug-likeness (QED) is 0.427. The van der Waals surface area contributed by atoms with Gasteiger partial charge in [0.25, 0.3) is 5.92 Å². The number of esters is 1. The van der Waals surface area contributed by atoms with E-state index < -0.39 is 36.2 Å². The van der Waals surface area contributed by atoms with Gasteiger partial charge in [0.1, 0.15) is 5.54 Å². The van der Waals surface area contributed by atoms with E-state index in [4.69, 9.17) is 6.42 Å². The van der Waals surface area contributed by atoms with E-state index in [1.807, 2.05) is 0 Å². The molecule has 1 amide bonds. The molecule has 16 heavy (non-hydrogen) atoms. The highest BCUT2D eigenvalue weighted by Crippen LogP contribution is 2.45. The summed E-state index contributed by atoms with van der Waals surface area (Å²) in [6, 6.07) is 0. The van der Waals surface area contributed by atoms with E-state index in [-0.39, 0.29) is 6.61 Å². The molecule has 0 aromatic heterocycles.